The second-order valence-corrected chi connectivity index (χ2v) is 5.97. The molecule has 0 aliphatic carbocycles. The van der Waals surface area contributed by atoms with Crippen molar-refractivity contribution in [2.24, 2.45) is 0 Å². The lowest BCUT2D eigenvalue weighted by molar-refractivity contribution is -0.135. The van der Waals surface area contributed by atoms with Gasteiger partial charge in [-0.3, -0.25) is 0 Å². The molecule has 0 amide bonds. The number of sulfonamides is 1. The lowest BCUT2D eigenvalue weighted by atomic mass is 10.1. The highest BCUT2D eigenvalue weighted by Gasteiger charge is 2.26. The minimum Gasteiger partial charge on any atom is -0.211 e. The first-order valence-electron chi connectivity index (χ1n) is 5.73. The van der Waals surface area contributed by atoms with Crippen molar-refractivity contribution in [2.45, 2.75) is 30.8 Å². The highest BCUT2D eigenvalue weighted by molar-refractivity contribution is 7.89. The molecule has 0 radical (unpaired) electrons. The van der Waals surface area contributed by atoms with Gasteiger partial charge in [0, 0.05) is 13.0 Å². The average Bonchev–Trinajstić information content (AvgIpc) is 2.33. The number of halogens is 3. The van der Waals surface area contributed by atoms with Crippen LogP contribution in [-0.2, 0) is 10.0 Å². The van der Waals surface area contributed by atoms with Gasteiger partial charge in [-0.2, -0.15) is 18.4 Å². The molecule has 20 heavy (non-hydrogen) atoms. The zero-order valence-electron chi connectivity index (χ0n) is 10.7. The third kappa shape index (κ3) is 4.83. The smallest absolute Gasteiger partial charge is 0.211 e. The molecule has 1 N–H and O–H groups in total. The Kier molecular flexibility index (Phi) is 5.14. The van der Waals surface area contributed by atoms with Gasteiger partial charge in [-0.05, 0) is 37.1 Å². The lowest BCUT2D eigenvalue weighted by Crippen LogP contribution is -2.26. The van der Waals surface area contributed by atoms with Crippen molar-refractivity contribution < 1.29 is 21.6 Å². The number of alkyl halides is 3. The number of hydrogen-bond acceptors (Lipinski definition) is 3. The summed E-state index contributed by atoms with van der Waals surface area (Å²) in [6.07, 6.45) is -5.66. The van der Waals surface area contributed by atoms with Crippen molar-refractivity contribution in [1.29, 1.82) is 5.26 Å². The van der Waals surface area contributed by atoms with Crippen molar-refractivity contribution in [3.8, 4) is 6.07 Å². The first-order chi connectivity index (χ1) is 9.15. The Morgan fingerprint density at radius 2 is 2.00 bits per heavy atom. The van der Waals surface area contributed by atoms with Crippen LogP contribution in [0.3, 0.4) is 0 Å². The van der Waals surface area contributed by atoms with Crippen LogP contribution in [0.5, 0.6) is 0 Å². The topological polar surface area (TPSA) is 70.0 Å². The standard InChI is InChI=1S/C12H13F3N2O2S/c1-9-7-11(4-3-10(9)8-16)20(18,19)17-6-2-5-12(13,14)15/h3-4,7,17H,2,5-6H2,1H3. The molecule has 0 saturated heterocycles. The van der Waals surface area contributed by atoms with Gasteiger partial charge in [0.15, 0.2) is 0 Å². The molecule has 0 spiro atoms. The SMILES string of the molecule is Cc1cc(S(=O)(=O)NCCCC(F)(F)F)ccc1C#N. The quantitative estimate of drug-likeness (QED) is 0.850. The van der Waals surface area contributed by atoms with E-state index in [9.17, 15) is 21.6 Å². The zero-order chi connectivity index (χ0) is 15.4. The molecular weight excluding hydrogens is 293 g/mol. The summed E-state index contributed by atoms with van der Waals surface area (Å²) in [6, 6.07) is 5.82. The van der Waals surface area contributed by atoms with Crippen molar-refractivity contribution in [3.63, 3.8) is 0 Å². The summed E-state index contributed by atoms with van der Waals surface area (Å²) in [4.78, 5) is -0.0685. The summed E-state index contributed by atoms with van der Waals surface area (Å²) in [5.41, 5.74) is 0.840. The molecular formula is C12H13F3N2O2S. The summed E-state index contributed by atoms with van der Waals surface area (Å²) >= 11 is 0. The predicted octanol–water partition coefficient (Wildman–Crippen LogP) is 2.49. The molecule has 1 aromatic carbocycles. The summed E-state index contributed by atoms with van der Waals surface area (Å²) < 4.78 is 61.5. The summed E-state index contributed by atoms with van der Waals surface area (Å²) in [7, 11) is -3.85. The van der Waals surface area contributed by atoms with E-state index in [0.29, 0.717) is 11.1 Å². The van der Waals surface area contributed by atoms with Crippen LogP contribution in [0.2, 0.25) is 0 Å². The molecule has 0 aromatic heterocycles. The fraction of sp³-hybridized carbons (Fsp3) is 0.417. The Morgan fingerprint density at radius 1 is 1.35 bits per heavy atom. The number of aryl methyl sites for hydroxylation is 1. The maximum atomic E-state index is 11.9. The number of nitrogens with one attached hydrogen (secondary N) is 1. The fourth-order valence-electron chi connectivity index (χ4n) is 1.51. The third-order valence-electron chi connectivity index (χ3n) is 2.56. The largest absolute Gasteiger partial charge is 0.389 e. The molecule has 0 aliphatic rings. The minimum absolute atomic E-state index is 0.0685. The zero-order valence-corrected chi connectivity index (χ0v) is 11.5. The van der Waals surface area contributed by atoms with Gasteiger partial charge in [0.1, 0.15) is 0 Å². The normalized spacial score (nSPS) is 12.2. The second kappa shape index (κ2) is 6.24. The molecule has 8 heteroatoms. The summed E-state index contributed by atoms with van der Waals surface area (Å²) in [5.74, 6) is 0. The Hall–Kier alpha value is -1.59. The molecule has 1 rings (SSSR count). The fourth-order valence-corrected chi connectivity index (χ4v) is 2.67. The van der Waals surface area contributed by atoms with Gasteiger partial charge >= 0.3 is 6.18 Å². The van der Waals surface area contributed by atoms with E-state index in [1.54, 1.807) is 6.92 Å². The van der Waals surface area contributed by atoms with Crippen molar-refractivity contribution in [1.82, 2.24) is 4.72 Å². The molecule has 1 aromatic rings. The van der Waals surface area contributed by atoms with Crippen LogP contribution >= 0.6 is 0 Å². The van der Waals surface area contributed by atoms with E-state index in [1.807, 2.05) is 6.07 Å². The maximum Gasteiger partial charge on any atom is 0.389 e. The molecule has 4 nitrogen and oxygen atoms in total. The first kappa shape index (κ1) is 16.5. The van der Waals surface area contributed by atoms with Crippen molar-refractivity contribution in [2.75, 3.05) is 6.54 Å². The monoisotopic (exact) mass is 306 g/mol. The summed E-state index contributed by atoms with van der Waals surface area (Å²) in [5, 5.41) is 8.74. The molecule has 0 bridgehead atoms. The minimum atomic E-state index is -4.30. The number of rotatable bonds is 5. The molecule has 0 atom stereocenters. The van der Waals surface area contributed by atoms with Gasteiger partial charge in [-0.25, -0.2) is 13.1 Å². The average molecular weight is 306 g/mol. The van der Waals surface area contributed by atoms with Crippen LogP contribution in [0.25, 0.3) is 0 Å². The molecule has 0 heterocycles. The number of benzene rings is 1. The number of nitriles is 1. The van der Waals surface area contributed by atoms with Crippen LogP contribution in [0.4, 0.5) is 13.2 Å². The van der Waals surface area contributed by atoms with Crippen LogP contribution in [0, 0.1) is 18.3 Å². The highest BCUT2D eigenvalue weighted by Crippen LogP contribution is 2.21. The van der Waals surface area contributed by atoms with Crippen LogP contribution in [0.1, 0.15) is 24.0 Å². The molecule has 0 fully saturated rings. The van der Waals surface area contributed by atoms with Gasteiger partial charge in [0.2, 0.25) is 10.0 Å². The molecule has 0 aliphatic heterocycles. The van der Waals surface area contributed by atoms with Crippen LogP contribution in [0.15, 0.2) is 23.1 Å². The lowest BCUT2D eigenvalue weighted by Gasteiger charge is -2.09. The van der Waals surface area contributed by atoms with Gasteiger partial charge < -0.3 is 0 Å². The van der Waals surface area contributed by atoms with Gasteiger partial charge in [0.05, 0.1) is 16.5 Å². The molecule has 110 valence electrons. The summed E-state index contributed by atoms with van der Waals surface area (Å²) in [6.45, 7) is 1.29. The van der Waals surface area contributed by atoms with Gasteiger partial charge in [-0.1, -0.05) is 0 Å². The maximum absolute atomic E-state index is 11.9. The van der Waals surface area contributed by atoms with Crippen LogP contribution in [-0.4, -0.2) is 21.1 Å². The van der Waals surface area contributed by atoms with E-state index < -0.39 is 22.6 Å². The Morgan fingerprint density at radius 3 is 2.50 bits per heavy atom. The van der Waals surface area contributed by atoms with E-state index in [1.165, 1.54) is 18.2 Å². The van der Waals surface area contributed by atoms with E-state index in [0.717, 1.165) is 0 Å². The first-order valence-corrected chi connectivity index (χ1v) is 7.21. The van der Waals surface area contributed by atoms with Crippen molar-refractivity contribution >= 4 is 10.0 Å². The Balaban J connectivity index is 2.70. The third-order valence-corrected chi connectivity index (χ3v) is 4.02. The van der Waals surface area contributed by atoms with Gasteiger partial charge in [0.25, 0.3) is 0 Å². The van der Waals surface area contributed by atoms with Crippen molar-refractivity contribution in [3.05, 3.63) is 29.3 Å². The molecule has 0 unspecified atom stereocenters. The van der Waals surface area contributed by atoms with E-state index in [-0.39, 0.29) is 17.9 Å². The van der Waals surface area contributed by atoms with Gasteiger partial charge in [-0.15, -0.1) is 0 Å². The Bertz CT molecular complexity index is 619. The predicted molar refractivity (Wildman–Crippen MR) is 66.4 cm³/mol. The number of nitrogens with zero attached hydrogens (tertiary/aromatic N) is 1. The molecule has 0 saturated carbocycles. The highest BCUT2D eigenvalue weighted by atomic mass is 32.2. The number of hydrogen-bond donors (Lipinski definition) is 1. The van der Waals surface area contributed by atoms with E-state index in [2.05, 4.69) is 4.72 Å². The van der Waals surface area contributed by atoms with Crippen LogP contribution < -0.4 is 4.72 Å². The Labute approximate surface area is 115 Å². The second-order valence-electron chi connectivity index (χ2n) is 4.21. The van der Waals surface area contributed by atoms with E-state index in [4.69, 9.17) is 5.26 Å². The van der Waals surface area contributed by atoms with E-state index >= 15 is 0 Å².